The van der Waals surface area contributed by atoms with Gasteiger partial charge in [-0.15, -0.1) is 0 Å². The van der Waals surface area contributed by atoms with Crippen molar-refractivity contribution in [2.75, 3.05) is 6.61 Å². The van der Waals surface area contributed by atoms with Crippen molar-refractivity contribution in [3.63, 3.8) is 0 Å². The van der Waals surface area contributed by atoms with Crippen LogP contribution in [0.2, 0.25) is 0 Å². The summed E-state index contributed by atoms with van der Waals surface area (Å²) in [6.45, 7) is 8.08. The molecule has 0 bridgehead atoms. The Morgan fingerprint density at radius 2 is 1.67 bits per heavy atom. The first-order valence-electron chi connectivity index (χ1n) is 15.9. The minimum absolute atomic E-state index is 0.142. The van der Waals surface area contributed by atoms with Crippen LogP contribution in [0.5, 0.6) is 17.2 Å². The Kier molecular flexibility index (Phi) is 9.02. The summed E-state index contributed by atoms with van der Waals surface area (Å²) in [5.74, 6) is 1.31. The lowest BCUT2D eigenvalue weighted by Crippen LogP contribution is -2.20. The van der Waals surface area contributed by atoms with Crippen molar-refractivity contribution in [3.05, 3.63) is 130 Å². The fraction of sp³-hybridized carbons (Fsp3) is 0.225. The first-order chi connectivity index (χ1) is 23.0. The highest BCUT2D eigenvalue weighted by Gasteiger charge is 2.23. The predicted octanol–water partition coefficient (Wildman–Crippen LogP) is 7.70. The first kappa shape index (κ1) is 32.5. The lowest BCUT2D eigenvalue weighted by atomic mass is 9.87. The van der Waals surface area contributed by atoms with Gasteiger partial charge in [0.25, 0.3) is 5.56 Å². The van der Waals surface area contributed by atoms with Gasteiger partial charge in [-0.05, 0) is 110 Å². The Labute approximate surface area is 278 Å². The molecule has 48 heavy (non-hydrogen) atoms. The van der Waals surface area contributed by atoms with Crippen LogP contribution in [0.3, 0.4) is 0 Å². The highest BCUT2D eigenvalue weighted by atomic mass is 16.5. The lowest BCUT2D eigenvalue weighted by Gasteiger charge is -2.22. The number of fused-ring (bicyclic) bond motifs is 1. The molecule has 0 unspecified atom stereocenters. The number of hydrogen-bond donors (Lipinski definition) is 2. The van der Waals surface area contributed by atoms with Crippen molar-refractivity contribution in [3.8, 4) is 28.4 Å². The van der Waals surface area contributed by atoms with Crippen LogP contribution in [0.25, 0.3) is 32.9 Å². The molecule has 8 heteroatoms. The number of rotatable bonds is 7. The molecular weight excluding hydrogens is 604 g/mol. The number of carboxylic acid groups (broad SMARTS) is 1. The van der Waals surface area contributed by atoms with E-state index in [0.717, 1.165) is 67.5 Å². The molecule has 2 N–H and O–H groups in total. The summed E-state index contributed by atoms with van der Waals surface area (Å²) in [5.41, 5.74) is 6.04. The van der Waals surface area contributed by atoms with E-state index in [2.05, 4.69) is 0 Å². The maximum absolute atomic E-state index is 13.3. The van der Waals surface area contributed by atoms with Crippen LogP contribution in [0.1, 0.15) is 43.0 Å². The molecule has 4 aromatic carbocycles. The number of pyridine rings is 2. The van der Waals surface area contributed by atoms with E-state index < -0.39 is 11.6 Å². The third-order valence-corrected chi connectivity index (χ3v) is 8.04. The fourth-order valence-electron chi connectivity index (χ4n) is 6.04. The molecule has 0 fully saturated rings. The van der Waals surface area contributed by atoms with Crippen LogP contribution in [-0.2, 0) is 24.2 Å². The summed E-state index contributed by atoms with van der Waals surface area (Å²) in [4.78, 5) is 30.2. The van der Waals surface area contributed by atoms with Gasteiger partial charge in [-0.1, -0.05) is 30.3 Å². The number of aliphatic carboxylic acids is 1. The zero-order chi connectivity index (χ0) is 34.0. The van der Waals surface area contributed by atoms with Gasteiger partial charge in [0.1, 0.15) is 17.2 Å². The molecule has 3 heterocycles. The van der Waals surface area contributed by atoms with E-state index in [1.165, 1.54) is 0 Å². The average Bonchev–Trinajstić information content (AvgIpc) is 3.04. The van der Waals surface area contributed by atoms with Crippen LogP contribution in [0.4, 0.5) is 0 Å². The largest absolute Gasteiger partial charge is 0.493 e. The number of aromatic nitrogens is 2. The minimum Gasteiger partial charge on any atom is -0.493 e. The summed E-state index contributed by atoms with van der Waals surface area (Å²) in [7, 11) is 0. The Hall–Kier alpha value is -5.47. The molecule has 0 amide bonds. The second kappa shape index (κ2) is 13.3. The van der Waals surface area contributed by atoms with Crippen molar-refractivity contribution in [2.45, 2.75) is 52.7 Å². The standard InChI is InChI=1S/C36H28N2O5.C4H10O/c1-22-19-30-27(12-14-32(39)38(30)21-23-7-9-26(10-8-23)43-25-5-3-2-4-6-25)35(29(22)20-33(40)41)28-11-13-31-34-24(16-18-42-31)15-17-37-36(28)34;1-4(2,3)5/h2-15,17,19H,16,18,20-21H2,1H3,(H,40,41);5H,1-3H3. The molecule has 0 saturated carbocycles. The predicted molar refractivity (Wildman–Crippen MR) is 188 cm³/mol. The molecule has 1 aliphatic rings. The van der Waals surface area contributed by atoms with Crippen molar-refractivity contribution < 1.29 is 24.5 Å². The normalized spacial score (nSPS) is 12.3. The van der Waals surface area contributed by atoms with Crippen LogP contribution in [0.15, 0.2) is 102 Å². The number of hydrogen-bond acceptors (Lipinski definition) is 6. The van der Waals surface area contributed by atoms with Gasteiger partial charge in [-0.3, -0.25) is 14.6 Å². The number of benzene rings is 4. The van der Waals surface area contributed by atoms with Gasteiger partial charge < -0.3 is 24.3 Å². The molecule has 0 spiro atoms. The molecular formula is C40H38N2O6. The monoisotopic (exact) mass is 642 g/mol. The molecule has 2 aromatic heterocycles. The van der Waals surface area contributed by atoms with E-state index in [0.29, 0.717) is 24.5 Å². The van der Waals surface area contributed by atoms with Gasteiger partial charge >= 0.3 is 5.97 Å². The van der Waals surface area contributed by atoms with E-state index >= 15 is 0 Å². The molecule has 6 aromatic rings. The number of ether oxygens (including phenoxy) is 2. The smallest absolute Gasteiger partial charge is 0.307 e. The third-order valence-electron chi connectivity index (χ3n) is 8.04. The zero-order valence-corrected chi connectivity index (χ0v) is 27.5. The van der Waals surface area contributed by atoms with Crippen LogP contribution >= 0.6 is 0 Å². The zero-order valence-electron chi connectivity index (χ0n) is 27.5. The Morgan fingerprint density at radius 3 is 2.38 bits per heavy atom. The van der Waals surface area contributed by atoms with Crippen molar-refractivity contribution in [1.29, 1.82) is 0 Å². The molecule has 244 valence electrons. The van der Waals surface area contributed by atoms with Crippen molar-refractivity contribution >= 4 is 27.8 Å². The van der Waals surface area contributed by atoms with Gasteiger partial charge in [-0.2, -0.15) is 0 Å². The number of carboxylic acids is 1. The van der Waals surface area contributed by atoms with Gasteiger partial charge in [0.15, 0.2) is 0 Å². The SMILES string of the molecule is CC(C)(C)O.Cc1cc2c(ccc(=O)n2Cc2ccc(Oc3ccccc3)cc2)c(-c2ccc3c4c(ccnc24)CCO3)c1CC(=O)O. The molecule has 0 radical (unpaired) electrons. The van der Waals surface area contributed by atoms with E-state index in [9.17, 15) is 14.7 Å². The summed E-state index contributed by atoms with van der Waals surface area (Å²) in [6.07, 6.45) is 2.42. The number of carbonyl (C=O) groups is 1. The highest BCUT2D eigenvalue weighted by Crippen LogP contribution is 2.42. The molecule has 0 aliphatic carbocycles. The van der Waals surface area contributed by atoms with Gasteiger partial charge in [-0.25, -0.2) is 0 Å². The Bertz CT molecular complexity index is 2170. The number of aliphatic hydroxyl groups is 1. The molecule has 7 rings (SSSR count). The number of aryl methyl sites for hydroxylation is 1. The van der Waals surface area contributed by atoms with Gasteiger partial charge in [0, 0.05) is 35.0 Å². The van der Waals surface area contributed by atoms with Crippen LogP contribution in [-0.4, -0.2) is 37.9 Å². The first-order valence-corrected chi connectivity index (χ1v) is 15.9. The van der Waals surface area contributed by atoms with Crippen molar-refractivity contribution in [2.24, 2.45) is 0 Å². The van der Waals surface area contributed by atoms with E-state index in [-0.39, 0.29) is 12.0 Å². The second-order valence-corrected chi connectivity index (χ2v) is 12.9. The molecule has 8 nitrogen and oxygen atoms in total. The quantitative estimate of drug-likeness (QED) is 0.184. The molecule has 0 atom stereocenters. The minimum atomic E-state index is -0.922. The molecule has 0 saturated heterocycles. The maximum Gasteiger partial charge on any atom is 0.307 e. The van der Waals surface area contributed by atoms with Crippen LogP contribution < -0.4 is 15.0 Å². The Balaban J connectivity index is 0.000000749. The average molecular weight is 643 g/mol. The van der Waals surface area contributed by atoms with Crippen molar-refractivity contribution in [1.82, 2.24) is 9.55 Å². The van der Waals surface area contributed by atoms with E-state index in [4.69, 9.17) is 19.6 Å². The van der Waals surface area contributed by atoms with Gasteiger partial charge in [0.2, 0.25) is 0 Å². The summed E-state index contributed by atoms with van der Waals surface area (Å²) in [5, 5.41) is 20.2. The highest BCUT2D eigenvalue weighted by molar-refractivity contribution is 6.08. The Morgan fingerprint density at radius 1 is 0.958 bits per heavy atom. The van der Waals surface area contributed by atoms with Gasteiger partial charge in [0.05, 0.1) is 36.2 Å². The lowest BCUT2D eigenvalue weighted by molar-refractivity contribution is -0.136. The summed E-state index contributed by atoms with van der Waals surface area (Å²) >= 11 is 0. The third kappa shape index (κ3) is 7.09. The fourth-order valence-corrected chi connectivity index (χ4v) is 6.04. The number of para-hydroxylation sites is 1. The van der Waals surface area contributed by atoms with E-state index in [1.807, 2.05) is 85.8 Å². The van der Waals surface area contributed by atoms with E-state index in [1.54, 1.807) is 43.7 Å². The molecule has 1 aliphatic heterocycles. The topological polar surface area (TPSA) is 111 Å². The van der Waals surface area contributed by atoms with Crippen LogP contribution in [0, 0.1) is 6.92 Å². The summed E-state index contributed by atoms with van der Waals surface area (Å²) < 4.78 is 13.6. The maximum atomic E-state index is 13.3. The number of nitrogens with zero attached hydrogens (tertiary/aromatic N) is 2. The summed E-state index contributed by atoms with van der Waals surface area (Å²) in [6, 6.07) is 28.5. The second-order valence-electron chi connectivity index (χ2n) is 12.9.